The molecule has 1 aliphatic heterocycles. The quantitative estimate of drug-likeness (QED) is 0.913. The molecule has 1 aliphatic rings. The number of hydrogen-bond acceptors (Lipinski definition) is 5. The molecule has 2 aromatic heterocycles. The molecule has 0 bridgehead atoms. The molecule has 3 rings (SSSR count). The van der Waals surface area contributed by atoms with E-state index in [1.807, 2.05) is 38.1 Å². The summed E-state index contributed by atoms with van der Waals surface area (Å²) in [6.07, 6.45) is 0.202. The number of aromatic nitrogens is 3. The first-order valence-corrected chi connectivity index (χ1v) is 7.73. The first-order chi connectivity index (χ1) is 11.1. The van der Waals surface area contributed by atoms with Crippen LogP contribution in [0.2, 0.25) is 0 Å². The minimum Gasteiger partial charge on any atom is -0.378 e. The lowest BCUT2D eigenvalue weighted by Crippen LogP contribution is -2.36. The molecule has 0 radical (unpaired) electrons. The summed E-state index contributed by atoms with van der Waals surface area (Å²) in [5.74, 6) is 0.718. The van der Waals surface area contributed by atoms with Gasteiger partial charge in [0.25, 0.3) is 0 Å². The van der Waals surface area contributed by atoms with Crippen LogP contribution in [0.3, 0.4) is 0 Å². The van der Waals surface area contributed by atoms with Crippen LogP contribution in [0, 0.1) is 13.8 Å². The van der Waals surface area contributed by atoms with Crippen LogP contribution in [-0.4, -0.2) is 47.1 Å². The van der Waals surface area contributed by atoms with Gasteiger partial charge in [-0.25, -0.2) is 0 Å². The fraction of sp³-hybridized carbons (Fsp3) is 0.438. The lowest BCUT2D eigenvalue weighted by molar-refractivity contribution is -0.116. The van der Waals surface area contributed by atoms with Crippen LogP contribution in [0.5, 0.6) is 0 Å². The summed E-state index contributed by atoms with van der Waals surface area (Å²) in [5, 5.41) is 8.39. The van der Waals surface area contributed by atoms with Crippen LogP contribution < -0.4 is 10.3 Å². The Hall–Kier alpha value is -2.41. The zero-order valence-electron chi connectivity index (χ0n) is 13.5. The third kappa shape index (κ3) is 3.68. The average molecular weight is 315 g/mol. The highest BCUT2D eigenvalue weighted by Gasteiger charge is 2.13. The van der Waals surface area contributed by atoms with Gasteiger partial charge in [-0.05, 0) is 38.1 Å². The minimum atomic E-state index is -0.110. The molecule has 1 fully saturated rings. The molecule has 2 aromatic rings. The van der Waals surface area contributed by atoms with E-state index in [1.54, 1.807) is 4.68 Å². The molecule has 0 spiro atoms. The zero-order chi connectivity index (χ0) is 16.2. The van der Waals surface area contributed by atoms with Gasteiger partial charge >= 0.3 is 0 Å². The zero-order valence-corrected chi connectivity index (χ0v) is 13.5. The van der Waals surface area contributed by atoms with Crippen molar-refractivity contribution in [1.29, 1.82) is 0 Å². The third-order valence-electron chi connectivity index (χ3n) is 3.89. The molecule has 122 valence electrons. The second-order valence-electron chi connectivity index (χ2n) is 5.65. The summed E-state index contributed by atoms with van der Waals surface area (Å²) in [6.45, 7) is 6.96. The minimum absolute atomic E-state index is 0.110. The molecule has 0 saturated carbocycles. The standard InChI is InChI=1S/C16H21N5O2/c1-12-3-4-13(2)21(12)19-16(22)11-14-5-6-15(18-17-14)20-7-9-23-10-8-20/h3-6H,7-11H2,1-2H3,(H,19,22). The molecule has 0 aromatic carbocycles. The monoisotopic (exact) mass is 315 g/mol. The second-order valence-corrected chi connectivity index (χ2v) is 5.65. The number of ether oxygens (including phenoxy) is 1. The first kappa shape index (κ1) is 15.5. The van der Waals surface area contributed by atoms with Gasteiger partial charge in [-0.2, -0.15) is 5.10 Å². The van der Waals surface area contributed by atoms with Crippen molar-refractivity contribution in [2.75, 3.05) is 36.6 Å². The van der Waals surface area contributed by atoms with E-state index in [1.165, 1.54) is 0 Å². The van der Waals surface area contributed by atoms with Gasteiger partial charge in [0.1, 0.15) is 0 Å². The van der Waals surface area contributed by atoms with E-state index in [9.17, 15) is 4.79 Å². The number of anilines is 1. The van der Waals surface area contributed by atoms with Crippen molar-refractivity contribution in [1.82, 2.24) is 14.9 Å². The van der Waals surface area contributed by atoms with E-state index in [0.717, 1.165) is 30.3 Å². The van der Waals surface area contributed by atoms with Gasteiger partial charge in [-0.3, -0.25) is 14.9 Å². The summed E-state index contributed by atoms with van der Waals surface area (Å²) >= 11 is 0. The Morgan fingerprint density at radius 2 is 1.83 bits per heavy atom. The smallest absolute Gasteiger partial charge is 0.244 e. The molecule has 23 heavy (non-hydrogen) atoms. The Morgan fingerprint density at radius 1 is 1.13 bits per heavy atom. The predicted molar refractivity (Wildman–Crippen MR) is 87.0 cm³/mol. The summed E-state index contributed by atoms with van der Waals surface area (Å²) in [4.78, 5) is 14.3. The van der Waals surface area contributed by atoms with Crippen molar-refractivity contribution in [3.8, 4) is 0 Å². The topological polar surface area (TPSA) is 72.3 Å². The lowest BCUT2D eigenvalue weighted by atomic mass is 10.3. The van der Waals surface area contributed by atoms with E-state index >= 15 is 0 Å². The number of morpholine rings is 1. The number of hydrogen-bond donors (Lipinski definition) is 1. The van der Waals surface area contributed by atoms with Crippen LogP contribution in [0.1, 0.15) is 17.1 Å². The maximum absolute atomic E-state index is 12.1. The van der Waals surface area contributed by atoms with Gasteiger partial charge in [-0.1, -0.05) is 0 Å². The Balaban J connectivity index is 1.60. The van der Waals surface area contributed by atoms with E-state index in [-0.39, 0.29) is 12.3 Å². The molecular weight excluding hydrogens is 294 g/mol. The Labute approximate surface area is 135 Å². The van der Waals surface area contributed by atoms with Gasteiger partial charge in [0, 0.05) is 24.5 Å². The number of carbonyl (C=O) groups excluding carboxylic acids is 1. The number of amides is 1. The van der Waals surface area contributed by atoms with Gasteiger partial charge in [0.15, 0.2) is 5.82 Å². The first-order valence-electron chi connectivity index (χ1n) is 7.73. The van der Waals surface area contributed by atoms with E-state index in [2.05, 4.69) is 20.5 Å². The van der Waals surface area contributed by atoms with Crippen LogP contribution >= 0.6 is 0 Å². The van der Waals surface area contributed by atoms with Crippen molar-refractivity contribution in [3.05, 3.63) is 41.3 Å². The summed E-state index contributed by atoms with van der Waals surface area (Å²) in [7, 11) is 0. The van der Waals surface area contributed by atoms with E-state index < -0.39 is 0 Å². The largest absolute Gasteiger partial charge is 0.378 e. The van der Waals surface area contributed by atoms with Crippen LogP contribution in [0.15, 0.2) is 24.3 Å². The fourth-order valence-corrected chi connectivity index (χ4v) is 2.58. The van der Waals surface area contributed by atoms with E-state index in [4.69, 9.17) is 4.74 Å². The highest BCUT2D eigenvalue weighted by molar-refractivity contribution is 5.85. The summed E-state index contributed by atoms with van der Waals surface area (Å²) < 4.78 is 7.10. The number of nitrogens with one attached hydrogen (secondary N) is 1. The number of aryl methyl sites for hydroxylation is 2. The van der Waals surface area contributed by atoms with Crippen LogP contribution in [-0.2, 0) is 16.0 Å². The summed E-state index contributed by atoms with van der Waals surface area (Å²) in [5.41, 5.74) is 5.50. The Morgan fingerprint density at radius 3 is 2.43 bits per heavy atom. The Kier molecular flexibility index (Phi) is 4.57. The van der Waals surface area contributed by atoms with Gasteiger partial charge in [0.05, 0.1) is 25.3 Å². The normalized spacial score (nSPS) is 14.8. The fourth-order valence-electron chi connectivity index (χ4n) is 2.58. The van der Waals surface area contributed by atoms with Gasteiger partial charge in [0.2, 0.25) is 5.91 Å². The average Bonchev–Trinajstić information content (AvgIpc) is 2.88. The van der Waals surface area contributed by atoms with Crippen molar-refractivity contribution < 1.29 is 9.53 Å². The molecule has 7 heteroatoms. The molecule has 0 atom stereocenters. The molecule has 0 unspecified atom stereocenters. The van der Waals surface area contributed by atoms with Crippen molar-refractivity contribution in [2.24, 2.45) is 0 Å². The molecule has 7 nitrogen and oxygen atoms in total. The maximum Gasteiger partial charge on any atom is 0.244 e. The lowest BCUT2D eigenvalue weighted by Gasteiger charge is -2.27. The molecular formula is C16H21N5O2. The van der Waals surface area contributed by atoms with Gasteiger partial charge in [-0.15, -0.1) is 5.10 Å². The van der Waals surface area contributed by atoms with Crippen molar-refractivity contribution >= 4 is 11.7 Å². The maximum atomic E-state index is 12.1. The third-order valence-corrected chi connectivity index (χ3v) is 3.89. The molecule has 3 heterocycles. The van der Waals surface area contributed by atoms with Crippen molar-refractivity contribution in [2.45, 2.75) is 20.3 Å². The highest BCUT2D eigenvalue weighted by Crippen LogP contribution is 2.12. The number of nitrogens with zero attached hydrogens (tertiary/aromatic N) is 4. The number of carbonyl (C=O) groups is 1. The molecule has 1 saturated heterocycles. The SMILES string of the molecule is Cc1ccc(C)n1NC(=O)Cc1ccc(N2CCOCC2)nn1. The highest BCUT2D eigenvalue weighted by atomic mass is 16.5. The predicted octanol–water partition coefficient (Wildman–Crippen LogP) is 1.04. The molecule has 1 N–H and O–H groups in total. The summed E-state index contributed by atoms with van der Waals surface area (Å²) in [6, 6.07) is 7.69. The molecule has 1 amide bonds. The molecule has 0 aliphatic carbocycles. The van der Waals surface area contributed by atoms with Crippen LogP contribution in [0.25, 0.3) is 0 Å². The number of rotatable bonds is 4. The van der Waals surface area contributed by atoms with E-state index in [0.29, 0.717) is 18.9 Å². The van der Waals surface area contributed by atoms with Crippen LogP contribution in [0.4, 0.5) is 5.82 Å². The van der Waals surface area contributed by atoms with Crippen molar-refractivity contribution in [3.63, 3.8) is 0 Å². The Bertz CT molecular complexity index is 655. The second kappa shape index (κ2) is 6.78. The van der Waals surface area contributed by atoms with Gasteiger partial charge < -0.3 is 9.64 Å².